The largest absolute Gasteiger partial charge is 0.497 e. The van der Waals surface area contributed by atoms with Crippen molar-refractivity contribution in [1.82, 2.24) is 15.5 Å². The first-order valence-electron chi connectivity index (χ1n) is 11.9. The van der Waals surface area contributed by atoms with Gasteiger partial charge in [0.25, 0.3) is 11.8 Å². The highest BCUT2D eigenvalue weighted by molar-refractivity contribution is 5.98. The molecule has 0 bridgehead atoms. The summed E-state index contributed by atoms with van der Waals surface area (Å²) in [5.74, 6) is 0.485. The molecule has 2 aromatic carbocycles. The summed E-state index contributed by atoms with van der Waals surface area (Å²) >= 11 is 0. The number of rotatable bonds is 8. The van der Waals surface area contributed by atoms with Crippen LogP contribution >= 0.6 is 0 Å². The molecule has 0 saturated carbocycles. The van der Waals surface area contributed by atoms with Gasteiger partial charge in [0.1, 0.15) is 11.8 Å². The summed E-state index contributed by atoms with van der Waals surface area (Å²) in [6, 6.07) is 13.7. The highest BCUT2D eigenvalue weighted by Crippen LogP contribution is 2.24. The van der Waals surface area contributed by atoms with Gasteiger partial charge in [0.15, 0.2) is 0 Å². The normalized spacial score (nSPS) is 15.0. The number of carbonyl (C=O) groups excluding carboxylic acids is 3. The zero-order chi connectivity index (χ0) is 24.7. The van der Waals surface area contributed by atoms with E-state index in [1.54, 1.807) is 43.5 Å². The minimum Gasteiger partial charge on any atom is -0.497 e. The third-order valence-corrected chi connectivity index (χ3v) is 6.20. The predicted octanol–water partition coefficient (Wildman–Crippen LogP) is 3.43. The molecule has 1 atom stereocenters. The van der Waals surface area contributed by atoms with Crippen LogP contribution in [-0.4, -0.2) is 55.4 Å². The second-order valence-electron chi connectivity index (χ2n) is 9.31. The lowest BCUT2D eigenvalue weighted by Crippen LogP contribution is -2.54. The molecule has 3 amide bonds. The van der Waals surface area contributed by atoms with E-state index in [-0.39, 0.29) is 23.6 Å². The number of piperidine rings is 1. The highest BCUT2D eigenvalue weighted by atomic mass is 16.5. The van der Waals surface area contributed by atoms with Crippen LogP contribution in [0.3, 0.4) is 0 Å². The number of hydrogen-bond donors (Lipinski definition) is 2. The average molecular weight is 466 g/mol. The van der Waals surface area contributed by atoms with Gasteiger partial charge in [-0.05, 0) is 68.0 Å². The first-order chi connectivity index (χ1) is 16.3. The maximum Gasteiger partial charge on any atom is 0.253 e. The van der Waals surface area contributed by atoms with Crippen LogP contribution in [0.2, 0.25) is 0 Å². The second-order valence-corrected chi connectivity index (χ2v) is 9.31. The van der Waals surface area contributed by atoms with E-state index in [0.29, 0.717) is 55.3 Å². The molecule has 0 aliphatic carbocycles. The van der Waals surface area contributed by atoms with Gasteiger partial charge in [0, 0.05) is 30.8 Å². The Hall–Kier alpha value is -3.35. The van der Waals surface area contributed by atoms with E-state index >= 15 is 0 Å². The van der Waals surface area contributed by atoms with Gasteiger partial charge in [-0.3, -0.25) is 14.4 Å². The zero-order valence-corrected chi connectivity index (χ0v) is 20.5. The van der Waals surface area contributed by atoms with Crippen molar-refractivity contribution in [3.8, 4) is 5.75 Å². The maximum atomic E-state index is 13.0. The van der Waals surface area contributed by atoms with Crippen LogP contribution in [0.5, 0.6) is 5.75 Å². The lowest BCUT2D eigenvalue weighted by Gasteiger charge is -2.36. The fourth-order valence-electron chi connectivity index (χ4n) is 4.09. The molecule has 0 unspecified atom stereocenters. The van der Waals surface area contributed by atoms with Crippen molar-refractivity contribution < 1.29 is 19.1 Å². The van der Waals surface area contributed by atoms with Crippen molar-refractivity contribution in [2.75, 3.05) is 26.7 Å². The fourth-order valence-corrected chi connectivity index (χ4v) is 4.09. The first-order valence-corrected chi connectivity index (χ1v) is 11.9. The van der Waals surface area contributed by atoms with Gasteiger partial charge in [-0.1, -0.05) is 31.5 Å². The molecule has 34 heavy (non-hydrogen) atoms. The fraction of sp³-hybridized carbons (Fsp3) is 0.444. The van der Waals surface area contributed by atoms with E-state index in [2.05, 4.69) is 10.6 Å². The van der Waals surface area contributed by atoms with Crippen molar-refractivity contribution in [2.24, 2.45) is 11.8 Å². The van der Waals surface area contributed by atoms with E-state index < -0.39 is 6.04 Å². The third kappa shape index (κ3) is 6.59. The van der Waals surface area contributed by atoms with Crippen LogP contribution in [-0.2, 0) is 4.79 Å². The number of likely N-dealkylation sites (tertiary alicyclic amines) is 1. The molecule has 1 aliphatic heterocycles. The van der Waals surface area contributed by atoms with Gasteiger partial charge in [0.2, 0.25) is 5.91 Å². The van der Waals surface area contributed by atoms with Gasteiger partial charge in [-0.25, -0.2) is 0 Å². The molecule has 3 rings (SSSR count). The number of hydrogen-bond acceptors (Lipinski definition) is 4. The number of nitrogens with zero attached hydrogens (tertiary/aromatic N) is 1. The molecule has 1 heterocycles. The Morgan fingerprint density at radius 1 is 0.971 bits per heavy atom. The SMILES string of the molecule is COc1ccc(C(=O)N2CCC([C@H](NC(=O)c3ccc(C)cc3)C(=O)NCC(C)C)CC2)cc1. The number of aryl methyl sites for hydroxylation is 1. The molecule has 2 aromatic rings. The Labute approximate surface area is 201 Å². The lowest BCUT2D eigenvalue weighted by molar-refractivity contribution is -0.124. The molecular formula is C27H35N3O4. The van der Waals surface area contributed by atoms with Crippen molar-refractivity contribution in [3.05, 3.63) is 65.2 Å². The second kappa shape index (κ2) is 11.7. The summed E-state index contributed by atoms with van der Waals surface area (Å²) in [5.41, 5.74) is 2.20. The average Bonchev–Trinajstić information content (AvgIpc) is 2.86. The lowest BCUT2D eigenvalue weighted by atomic mass is 9.88. The Bertz CT molecular complexity index is 978. The van der Waals surface area contributed by atoms with E-state index in [1.165, 1.54) is 0 Å². The van der Waals surface area contributed by atoms with Gasteiger partial charge < -0.3 is 20.3 Å². The molecule has 2 N–H and O–H groups in total. The number of amides is 3. The van der Waals surface area contributed by atoms with Crippen molar-refractivity contribution >= 4 is 17.7 Å². The molecule has 1 saturated heterocycles. The van der Waals surface area contributed by atoms with Gasteiger partial charge in [0.05, 0.1) is 7.11 Å². The van der Waals surface area contributed by atoms with Crippen molar-refractivity contribution in [2.45, 2.75) is 39.7 Å². The third-order valence-electron chi connectivity index (χ3n) is 6.20. The van der Waals surface area contributed by atoms with Crippen LogP contribution < -0.4 is 15.4 Å². The monoisotopic (exact) mass is 465 g/mol. The maximum absolute atomic E-state index is 13.0. The minimum absolute atomic E-state index is 0.0365. The Morgan fingerprint density at radius 2 is 1.56 bits per heavy atom. The van der Waals surface area contributed by atoms with E-state index in [9.17, 15) is 14.4 Å². The summed E-state index contributed by atoms with van der Waals surface area (Å²) < 4.78 is 5.16. The molecule has 1 fully saturated rings. The van der Waals surface area contributed by atoms with E-state index in [4.69, 9.17) is 4.74 Å². The predicted molar refractivity (Wildman–Crippen MR) is 132 cm³/mol. The molecular weight excluding hydrogens is 430 g/mol. The van der Waals surface area contributed by atoms with Crippen LogP contribution in [0.4, 0.5) is 0 Å². The molecule has 0 spiro atoms. The van der Waals surface area contributed by atoms with Crippen molar-refractivity contribution in [1.29, 1.82) is 0 Å². The topological polar surface area (TPSA) is 87.7 Å². The number of nitrogens with one attached hydrogen (secondary N) is 2. The van der Waals surface area contributed by atoms with Gasteiger partial charge in [-0.2, -0.15) is 0 Å². The smallest absolute Gasteiger partial charge is 0.253 e. The Balaban J connectivity index is 1.67. The summed E-state index contributed by atoms with van der Waals surface area (Å²) in [5, 5.41) is 5.94. The summed E-state index contributed by atoms with van der Waals surface area (Å²) in [4.78, 5) is 40.7. The first kappa shape index (κ1) is 25.3. The van der Waals surface area contributed by atoms with Crippen molar-refractivity contribution in [3.63, 3.8) is 0 Å². The zero-order valence-electron chi connectivity index (χ0n) is 20.5. The summed E-state index contributed by atoms with van der Waals surface area (Å²) in [6.07, 6.45) is 1.27. The summed E-state index contributed by atoms with van der Waals surface area (Å²) in [6.45, 7) is 7.63. The molecule has 0 aromatic heterocycles. The molecule has 7 heteroatoms. The molecule has 7 nitrogen and oxygen atoms in total. The molecule has 0 radical (unpaired) electrons. The number of benzene rings is 2. The van der Waals surface area contributed by atoms with E-state index in [0.717, 1.165) is 5.56 Å². The van der Waals surface area contributed by atoms with Crippen LogP contribution in [0.1, 0.15) is 53.0 Å². The Kier molecular flexibility index (Phi) is 8.68. The van der Waals surface area contributed by atoms with Crippen LogP contribution in [0.15, 0.2) is 48.5 Å². The standard InChI is InChI=1S/C27H35N3O4/c1-18(2)17-28-26(32)24(29-25(31)21-7-5-19(3)6-8-21)20-13-15-30(16-14-20)27(33)22-9-11-23(34-4)12-10-22/h5-12,18,20,24H,13-17H2,1-4H3,(H,28,32)(H,29,31)/t24-/m0/s1. The van der Waals surface area contributed by atoms with Crippen LogP contribution in [0, 0.1) is 18.8 Å². The van der Waals surface area contributed by atoms with E-state index in [1.807, 2.05) is 37.8 Å². The van der Waals surface area contributed by atoms with Gasteiger partial charge >= 0.3 is 0 Å². The Morgan fingerprint density at radius 3 is 2.12 bits per heavy atom. The number of carbonyl (C=O) groups is 3. The summed E-state index contributed by atoms with van der Waals surface area (Å²) in [7, 11) is 1.59. The van der Waals surface area contributed by atoms with Gasteiger partial charge in [-0.15, -0.1) is 0 Å². The molecule has 182 valence electrons. The van der Waals surface area contributed by atoms with Crippen LogP contribution in [0.25, 0.3) is 0 Å². The quantitative estimate of drug-likeness (QED) is 0.625. The minimum atomic E-state index is -0.647. The molecule has 1 aliphatic rings. The highest BCUT2D eigenvalue weighted by Gasteiger charge is 2.34. The number of methoxy groups -OCH3 is 1. The number of ether oxygens (including phenoxy) is 1.